The van der Waals surface area contributed by atoms with Gasteiger partial charge in [0.1, 0.15) is 18.2 Å². The van der Waals surface area contributed by atoms with Gasteiger partial charge >= 0.3 is 11.9 Å². The number of rotatable bonds is 23. The van der Waals surface area contributed by atoms with Gasteiger partial charge in [0.05, 0.1) is 5.92 Å². The topological polar surface area (TPSA) is 81.7 Å². The fourth-order valence-corrected chi connectivity index (χ4v) is 4.91. The summed E-state index contributed by atoms with van der Waals surface area (Å²) in [5.74, 6) is -0.360. The molecule has 6 nitrogen and oxygen atoms in total. The lowest BCUT2D eigenvalue weighted by atomic mass is 9.87. The molecule has 0 spiro atoms. The summed E-state index contributed by atoms with van der Waals surface area (Å²) in [4.78, 5) is 35.1. The lowest BCUT2D eigenvalue weighted by Gasteiger charge is -2.36. The molecule has 1 N–H and O–H groups in total. The molecule has 0 aromatic heterocycles. The quantitative estimate of drug-likeness (QED) is 0.0949. The molecule has 35 heavy (non-hydrogen) atoms. The highest BCUT2D eigenvalue weighted by atomic mass is 16.6. The van der Waals surface area contributed by atoms with Crippen LogP contribution in [0.3, 0.4) is 0 Å². The Morgan fingerprint density at radius 3 is 1.89 bits per heavy atom. The number of nitrogens with one attached hydrogen (secondary N) is 1. The molecule has 0 radical (unpaired) electrons. The van der Waals surface area contributed by atoms with E-state index < -0.39 is 12.0 Å². The maximum Gasteiger partial charge on any atom is 0.328 e. The Morgan fingerprint density at radius 1 is 0.914 bits per heavy atom. The van der Waals surface area contributed by atoms with Gasteiger partial charge < -0.3 is 14.8 Å². The van der Waals surface area contributed by atoms with E-state index in [9.17, 15) is 14.4 Å². The lowest BCUT2D eigenvalue weighted by molar-refractivity contribution is -0.189. The van der Waals surface area contributed by atoms with Crippen LogP contribution in [0.15, 0.2) is 0 Å². The molecule has 1 fully saturated rings. The average molecular weight is 496 g/mol. The summed E-state index contributed by atoms with van der Waals surface area (Å²) >= 11 is 0. The van der Waals surface area contributed by atoms with Gasteiger partial charge in [0.15, 0.2) is 0 Å². The summed E-state index contributed by atoms with van der Waals surface area (Å²) in [6, 6.07) is -0.634. The van der Waals surface area contributed by atoms with E-state index in [1.807, 2.05) is 20.8 Å². The predicted molar refractivity (Wildman–Crippen MR) is 141 cm³/mol. The van der Waals surface area contributed by atoms with E-state index in [4.69, 9.17) is 9.47 Å². The third-order valence-corrected chi connectivity index (χ3v) is 7.03. The third kappa shape index (κ3) is 14.5. The van der Waals surface area contributed by atoms with Crippen LogP contribution in [0.4, 0.5) is 0 Å². The van der Waals surface area contributed by atoms with Crippen LogP contribution in [0.2, 0.25) is 0 Å². The highest BCUT2D eigenvalue weighted by Gasteiger charge is 2.42. The lowest BCUT2D eigenvalue weighted by Crippen LogP contribution is -2.47. The third-order valence-electron chi connectivity index (χ3n) is 7.03. The molecule has 0 aliphatic carbocycles. The van der Waals surface area contributed by atoms with E-state index in [1.54, 1.807) is 0 Å². The second kappa shape index (κ2) is 19.6. The summed E-state index contributed by atoms with van der Waals surface area (Å²) in [5.41, 5.74) is 0. The first-order valence-electron chi connectivity index (χ1n) is 14.5. The second-order valence-corrected chi connectivity index (χ2v) is 10.9. The van der Waals surface area contributed by atoms with Crippen molar-refractivity contribution in [3.63, 3.8) is 0 Å². The van der Waals surface area contributed by atoms with Crippen molar-refractivity contribution in [2.75, 3.05) is 0 Å². The van der Waals surface area contributed by atoms with E-state index in [0.29, 0.717) is 19.3 Å². The zero-order valence-electron chi connectivity index (χ0n) is 23.0. The highest BCUT2D eigenvalue weighted by molar-refractivity contribution is 5.79. The molecule has 1 unspecified atom stereocenters. The Balaban J connectivity index is 2.10. The van der Waals surface area contributed by atoms with E-state index in [0.717, 1.165) is 19.3 Å². The number of hydrogen-bond acceptors (Lipinski definition) is 5. The first-order valence-corrected chi connectivity index (χ1v) is 14.5. The zero-order valence-corrected chi connectivity index (χ0v) is 23.0. The van der Waals surface area contributed by atoms with Crippen molar-refractivity contribution in [1.29, 1.82) is 0 Å². The number of esters is 2. The maximum atomic E-state index is 12.4. The van der Waals surface area contributed by atoms with Crippen molar-refractivity contribution in [2.24, 2.45) is 11.8 Å². The van der Waals surface area contributed by atoms with Crippen LogP contribution >= 0.6 is 0 Å². The van der Waals surface area contributed by atoms with Crippen LogP contribution in [-0.2, 0) is 23.9 Å². The van der Waals surface area contributed by atoms with Crippen molar-refractivity contribution in [3.8, 4) is 0 Å². The summed E-state index contributed by atoms with van der Waals surface area (Å²) in [6.07, 6.45) is 20.4. The Morgan fingerprint density at radius 2 is 1.43 bits per heavy atom. The van der Waals surface area contributed by atoms with E-state index in [-0.39, 0.29) is 30.0 Å². The summed E-state index contributed by atoms with van der Waals surface area (Å²) in [7, 11) is 0. The van der Waals surface area contributed by atoms with Crippen molar-refractivity contribution < 1.29 is 23.9 Å². The van der Waals surface area contributed by atoms with Crippen LogP contribution in [0.5, 0.6) is 0 Å². The van der Waals surface area contributed by atoms with E-state index in [1.165, 1.54) is 77.0 Å². The molecule has 4 atom stereocenters. The first kappa shape index (κ1) is 31.4. The number of amides is 1. The molecule has 1 heterocycles. The van der Waals surface area contributed by atoms with Crippen molar-refractivity contribution in [1.82, 2.24) is 5.32 Å². The SMILES string of the molecule is CCCCCCCCCCCCCCCC[C@@H]1C(=O)O[C@H]1CC(C)OC(=O)[C@H](CC(C)C)NC=O. The zero-order chi connectivity index (χ0) is 25.9. The molecule has 1 rings (SSSR count). The average Bonchev–Trinajstić information content (AvgIpc) is 2.80. The molecule has 0 aromatic rings. The van der Waals surface area contributed by atoms with Crippen molar-refractivity contribution in [3.05, 3.63) is 0 Å². The van der Waals surface area contributed by atoms with Gasteiger partial charge in [0.2, 0.25) is 6.41 Å². The van der Waals surface area contributed by atoms with Gasteiger partial charge in [-0.15, -0.1) is 0 Å². The Hall–Kier alpha value is -1.59. The minimum absolute atomic E-state index is 0.0759. The minimum Gasteiger partial charge on any atom is -0.461 e. The smallest absolute Gasteiger partial charge is 0.328 e. The van der Waals surface area contributed by atoms with Crippen LogP contribution in [0.25, 0.3) is 0 Å². The van der Waals surface area contributed by atoms with Gasteiger partial charge in [-0.1, -0.05) is 111 Å². The standard InChI is InChI=1S/C29H53NO5/c1-5-6-7-8-9-10-11-12-13-14-15-16-17-18-19-25-27(35-28(25)32)21-24(4)34-29(33)26(30-22-31)20-23(2)3/h22-27H,5-21H2,1-4H3,(H,30,31)/t24?,25-,26-,27-/m0/s1. The van der Waals surface area contributed by atoms with Gasteiger partial charge in [-0.2, -0.15) is 0 Å². The Bertz CT molecular complexity index is 579. The maximum absolute atomic E-state index is 12.4. The summed E-state index contributed by atoms with van der Waals surface area (Å²) in [5, 5.41) is 2.55. The number of unbranched alkanes of at least 4 members (excludes halogenated alkanes) is 13. The van der Waals surface area contributed by atoms with E-state index >= 15 is 0 Å². The molecule has 1 aliphatic rings. The predicted octanol–water partition coefficient (Wildman–Crippen LogP) is 6.88. The number of carbonyl (C=O) groups is 3. The molecule has 0 bridgehead atoms. The van der Waals surface area contributed by atoms with Crippen LogP contribution in [0.1, 0.15) is 137 Å². The minimum atomic E-state index is -0.634. The number of carbonyl (C=O) groups excluding carboxylic acids is 3. The fraction of sp³-hybridized carbons (Fsp3) is 0.897. The molecular formula is C29H53NO5. The first-order chi connectivity index (χ1) is 16.9. The molecule has 0 aromatic carbocycles. The van der Waals surface area contributed by atoms with Gasteiger partial charge in [0.25, 0.3) is 0 Å². The molecular weight excluding hydrogens is 442 g/mol. The highest BCUT2D eigenvalue weighted by Crippen LogP contribution is 2.31. The molecule has 6 heteroatoms. The van der Waals surface area contributed by atoms with Gasteiger partial charge in [0, 0.05) is 6.42 Å². The largest absolute Gasteiger partial charge is 0.461 e. The second-order valence-electron chi connectivity index (χ2n) is 10.9. The fourth-order valence-electron chi connectivity index (χ4n) is 4.91. The van der Waals surface area contributed by atoms with Crippen molar-refractivity contribution in [2.45, 2.75) is 155 Å². The summed E-state index contributed by atoms with van der Waals surface area (Å²) in [6.45, 7) is 8.07. The van der Waals surface area contributed by atoms with Crippen molar-refractivity contribution >= 4 is 18.3 Å². The molecule has 0 saturated carbocycles. The Labute approximate surface area is 214 Å². The van der Waals surface area contributed by atoms with Crippen LogP contribution < -0.4 is 5.32 Å². The Kier molecular flexibility index (Phi) is 17.6. The molecule has 1 amide bonds. The number of ether oxygens (including phenoxy) is 2. The molecule has 1 saturated heterocycles. The molecule has 1 aliphatic heterocycles. The van der Waals surface area contributed by atoms with Crippen LogP contribution in [-0.4, -0.2) is 36.6 Å². The monoisotopic (exact) mass is 495 g/mol. The number of hydrogen-bond donors (Lipinski definition) is 1. The van der Waals surface area contributed by atoms with E-state index in [2.05, 4.69) is 12.2 Å². The van der Waals surface area contributed by atoms with Gasteiger partial charge in [-0.05, 0) is 25.7 Å². The van der Waals surface area contributed by atoms with Gasteiger partial charge in [-0.3, -0.25) is 9.59 Å². The number of cyclic esters (lactones) is 1. The van der Waals surface area contributed by atoms with Crippen LogP contribution in [0, 0.1) is 11.8 Å². The molecule has 204 valence electrons. The normalized spacial score (nSPS) is 19.1. The summed E-state index contributed by atoms with van der Waals surface area (Å²) < 4.78 is 10.9. The van der Waals surface area contributed by atoms with Gasteiger partial charge in [-0.25, -0.2) is 4.79 Å².